The van der Waals surface area contributed by atoms with Gasteiger partial charge in [-0.2, -0.15) is 0 Å². The number of phenols is 2. The van der Waals surface area contributed by atoms with Gasteiger partial charge in [0.25, 0.3) is 0 Å². The van der Waals surface area contributed by atoms with Gasteiger partial charge in [0.05, 0.1) is 0 Å². The summed E-state index contributed by atoms with van der Waals surface area (Å²) in [6.45, 7) is 27.7. The third kappa shape index (κ3) is 7.82. The standard InChI is InChI=1S/C36H58N2O2/c1-33(2,3)25-17-23(31(39)27(19-25)35(7,8)9)21-37-29-15-13-14-16-30(29)38-22-24-18-26(34(4,5)6)20-28(32(24)40)36(10,11)12/h17-20,29-30,37-40H,13-16,21-22H2,1-12H3. The molecular weight excluding hydrogens is 492 g/mol. The predicted octanol–water partition coefficient (Wildman–Crippen LogP) is 8.48. The van der Waals surface area contributed by atoms with Gasteiger partial charge in [0, 0.05) is 36.3 Å². The van der Waals surface area contributed by atoms with Crippen LogP contribution < -0.4 is 10.6 Å². The summed E-state index contributed by atoms with van der Waals surface area (Å²) >= 11 is 0. The number of rotatable bonds is 6. The zero-order valence-electron chi connectivity index (χ0n) is 27.6. The molecule has 1 saturated carbocycles. The van der Waals surface area contributed by atoms with E-state index < -0.39 is 0 Å². The Hall–Kier alpha value is -2.04. The molecule has 1 aliphatic carbocycles. The highest BCUT2D eigenvalue weighted by Crippen LogP contribution is 2.39. The van der Waals surface area contributed by atoms with E-state index in [1.807, 2.05) is 0 Å². The molecule has 1 fully saturated rings. The van der Waals surface area contributed by atoms with Crippen LogP contribution in [0.1, 0.15) is 142 Å². The van der Waals surface area contributed by atoms with E-state index in [2.05, 4.69) is 118 Å². The molecule has 40 heavy (non-hydrogen) atoms. The Morgan fingerprint density at radius 2 is 0.875 bits per heavy atom. The number of hydrogen-bond donors (Lipinski definition) is 4. The van der Waals surface area contributed by atoms with Crippen molar-refractivity contribution in [3.05, 3.63) is 57.6 Å². The second-order valence-electron chi connectivity index (χ2n) is 16.3. The lowest BCUT2D eigenvalue weighted by molar-refractivity contribution is 0.279. The van der Waals surface area contributed by atoms with Crippen molar-refractivity contribution < 1.29 is 10.2 Å². The van der Waals surface area contributed by atoms with Crippen LogP contribution in [-0.4, -0.2) is 22.3 Å². The van der Waals surface area contributed by atoms with E-state index in [0.29, 0.717) is 36.7 Å². The maximum absolute atomic E-state index is 11.3. The normalized spacial score (nSPS) is 19.2. The zero-order valence-corrected chi connectivity index (χ0v) is 27.6. The summed E-state index contributed by atoms with van der Waals surface area (Å²) in [4.78, 5) is 0. The molecule has 0 saturated heterocycles. The van der Waals surface area contributed by atoms with E-state index in [0.717, 1.165) is 35.1 Å². The molecule has 0 aromatic heterocycles. The molecule has 4 nitrogen and oxygen atoms in total. The summed E-state index contributed by atoms with van der Waals surface area (Å²) in [6, 6.07) is 9.36. The first-order chi connectivity index (χ1) is 18.2. The molecule has 2 aromatic rings. The second kappa shape index (κ2) is 11.7. The van der Waals surface area contributed by atoms with Crippen LogP contribution in [0.3, 0.4) is 0 Å². The van der Waals surface area contributed by atoms with Crippen LogP contribution in [0.4, 0.5) is 0 Å². The van der Waals surface area contributed by atoms with Crippen LogP contribution >= 0.6 is 0 Å². The summed E-state index contributed by atoms with van der Waals surface area (Å²) in [5.41, 5.74) is 6.25. The number of benzene rings is 2. The fraction of sp³-hybridized carbons (Fsp3) is 0.667. The Bertz CT molecular complexity index is 1080. The highest BCUT2D eigenvalue weighted by Gasteiger charge is 2.29. The molecule has 3 rings (SSSR count). The van der Waals surface area contributed by atoms with Crippen molar-refractivity contribution in [1.82, 2.24) is 10.6 Å². The first kappa shape index (κ1) is 32.5. The minimum Gasteiger partial charge on any atom is -0.507 e. The number of phenolic OH excluding ortho intramolecular Hbond substituents is 2. The third-order valence-corrected chi connectivity index (χ3v) is 8.60. The molecule has 4 N–H and O–H groups in total. The van der Waals surface area contributed by atoms with Crippen molar-refractivity contribution in [3.63, 3.8) is 0 Å². The van der Waals surface area contributed by atoms with E-state index in [1.165, 1.54) is 24.0 Å². The van der Waals surface area contributed by atoms with E-state index in [-0.39, 0.29) is 21.7 Å². The maximum Gasteiger partial charge on any atom is 0.123 e. The van der Waals surface area contributed by atoms with Gasteiger partial charge < -0.3 is 20.8 Å². The molecule has 0 radical (unpaired) electrons. The van der Waals surface area contributed by atoms with Gasteiger partial charge in [-0.25, -0.2) is 0 Å². The van der Waals surface area contributed by atoms with Crippen molar-refractivity contribution in [2.24, 2.45) is 0 Å². The van der Waals surface area contributed by atoms with Crippen molar-refractivity contribution >= 4 is 0 Å². The lowest BCUT2D eigenvalue weighted by atomic mass is 9.78. The first-order valence-corrected chi connectivity index (χ1v) is 15.4. The smallest absolute Gasteiger partial charge is 0.123 e. The lowest BCUT2D eigenvalue weighted by Gasteiger charge is -2.34. The lowest BCUT2D eigenvalue weighted by Crippen LogP contribution is -2.49. The Morgan fingerprint density at radius 1 is 0.550 bits per heavy atom. The van der Waals surface area contributed by atoms with Crippen LogP contribution in [0, 0.1) is 0 Å². The highest BCUT2D eigenvalue weighted by molar-refractivity contribution is 5.50. The molecule has 2 aromatic carbocycles. The average Bonchev–Trinajstić information content (AvgIpc) is 2.80. The van der Waals surface area contributed by atoms with Crippen molar-refractivity contribution in [2.75, 3.05) is 0 Å². The van der Waals surface area contributed by atoms with Gasteiger partial charge in [-0.05, 0) is 56.8 Å². The van der Waals surface area contributed by atoms with Gasteiger partial charge in [-0.1, -0.05) is 120 Å². The SMILES string of the molecule is CC(C)(C)c1cc(CNC2CCCCC2NCc2cc(C(C)(C)C)cc(C(C)(C)C)c2O)c(O)c(C(C)(C)C)c1. The van der Waals surface area contributed by atoms with E-state index in [1.54, 1.807) is 0 Å². The van der Waals surface area contributed by atoms with Crippen LogP contribution in [0.25, 0.3) is 0 Å². The molecule has 4 heteroatoms. The minimum atomic E-state index is -0.134. The van der Waals surface area contributed by atoms with Gasteiger partial charge in [-0.3, -0.25) is 0 Å². The monoisotopic (exact) mass is 550 g/mol. The Labute approximate surface area is 245 Å². The number of hydrogen-bond acceptors (Lipinski definition) is 4. The van der Waals surface area contributed by atoms with Crippen LogP contribution in [0.15, 0.2) is 24.3 Å². The second-order valence-corrected chi connectivity index (χ2v) is 16.3. The molecule has 1 aliphatic rings. The van der Waals surface area contributed by atoms with Gasteiger partial charge in [-0.15, -0.1) is 0 Å². The number of aromatic hydroxyl groups is 2. The molecule has 0 heterocycles. The molecule has 0 aliphatic heterocycles. The molecule has 2 unspecified atom stereocenters. The predicted molar refractivity (Wildman–Crippen MR) is 171 cm³/mol. The summed E-state index contributed by atoms with van der Waals surface area (Å²) in [6.07, 6.45) is 4.61. The van der Waals surface area contributed by atoms with Gasteiger partial charge >= 0.3 is 0 Å². The van der Waals surface area contributed by atoms with Gasteiger partial charge in [0.1, 0.15) is 11.5 Å². The van der Waals surface area contributed by atoms with Gasteiger partial charge in [0.2, 0.25) is 0 Å². The summed E-state index contributed by atoms with van der Waals surface area (Å²) < 4.78 is 0. The molecule has 0 spiro atoms. The largest absolute Gasteiger partial charge is 0.507 e. The fourth-order valence-electron chi connectivity index (χ4n) is 5.77. The van der Waals surface area contributed by atoms with Crippen LogP contribution in [-0.2, 0) is 34.7 Å². The molecule has 0 bridgehead atoms. The quantitative estimate of drug-likeness (QED) is 0.291. The highest BCUT2D eigenvalue weighted by atomic mass is 16.3. The molecule has 224 valence electrons. The molecule has 0 amide bonds. The third-order valence-electron chi connectivity index (χ3n) is 8.60. The zero-order chi connectivity index (χ0) is 30.3. The van der Waals surface area contributed by atoms with Crippen LogP contribution in [0.5, 0.6) is 11.5 Å². The van der Waals surface area contributed by atoms with Crippen molar-refractivity contribution in [1.29, 1.82) is 0 Å². The van der Waals surface area contributed by atoms with Gasteiger partial charge in [0.15, 0.2) is 0 Å². The van der Waals surface area contributed by atoms with Crippen molar-refractivity contribution in [3.8, 4) is 11.5 Å². The van der Waals surface area contributed by atoms with E-state index in [9.17, 15) is 10.2 Å². The maximum atomic E-state index is 11.3. The van der Waals surface area contributed by atoms with E-state index >= 15 is 0 Å². The number of nitrogens with one attached hydrogen (secondary N) is 2. The Balaban J connectivity index is 1.84. The average molecular weight is 551 g/mol. The summed E-state index contributed by atoms with van der Waals surface area (Å²) in [7, 11) is 0. The fourth-order valence-corrected chi connectivity index (χ4v) is 5.77. The topological polar surface area (TPSA) is 64.5 Å². The Kier molecular flexibility index (Phi) is 9.48. The van der Waals surface area contributed by atoms with Crippen LogP contribution in [0.2, 0.25) is 0 Å². The summed E-state index contributed by atoms with van der Waals surface area (Å²) in [5.74, 6) is 0.846. The molecule has 2 atom stereocenters. The summed E-state index contributed by atoms with van der Waals surface area (Å²) in [5, 5.41) is 30.2. The molecular formula is C36H58N2O2. The minimum absolute atomic E-state index is 0.00683. The Morgan fingerprint density at radius 3 is 1.15 bits per heavy atom. The van der Waals surface area contributed by atoms with E-state index in [4.69, 9.17) is 0 Å². The van der Waals surface area contributed by atoms with Crippen molar-refractivity contribution in [2.45, 2.75) is 156 Å². The first-order valence-electron chi connectivity index (χ1n) is 15.4.